The summed E-state index contributed by atoms with van der Waals surface area (Å²) in [4.78, 5) is 14.3. The topological polar surface area (TPSA) is 41.6 Å². The molecule has 0 spiro atoms. The van der Waals surface area contributed by atoms with Crippen LogP contribution in [0.15, 0.2) is 42.5 Å². The highest BCUT2D eigenvalue weighted by molar-refractivity contribution is 6.31. The first-order valence-electron chi connectivity index (χ1n) is 7.29. The summed E-state index contributed by atoms with van der Waals surface area (Å²) in [6.45, 7) is 1.02. The zero-order valence-electron chi connectivity index (χ0n) is 12.2. The van der Waals surface area contributed by atoms with Crippen molar-refractivity contribution in [3.63, 3.8) is 0 Å². The molecule has 0 bridgehead atoms. The van der Waals surface area contributed by atoms with Crippen LogP contribution in [0.2, 0.25) is 10.0 Å². The van der Waals surface area contributed by atoms with E-state index in [9.17, 15) is 4.79 Å². The van der Waals surface area contributed by atoms with Crippen molar-refractivity contribution < 1.29 is 9.53 Å². The molecule has 2 heterocycles. The van der Waals surface area contributed by atoms with Gasteiger partial charge >= 0.3 is 0 Å². The molecule has 2 aromatic carbocycles. The van der Waals surface area contributed by atoms with Gasteiger partial charge in [0.1, 0.15) is 12.3 Å². The van der Waals surface area contributed by atoms with Gasteiger partial charge in [0, 0.05) is 21.3 Å². The van der Waals surface area contributed by atoms with Crippen LogP contribution in [0.1, 0.15) is 11.1 Å². The summed E-state index contributed by atoms with van der Waals surface area (Å²) in [5.41, 5.74) is 1.94. The summed E-state index contributed by atoms with van der Waals surface area (Å²) in [5.74, 6) is -0.0759. The second kappa shape index (κ2) is 5.49. The molecular weight excluding hydrogens is 335 g/mol. The minimum atomic E-state index is -0.627. The maximum absolute atomic E-state index is 12.3. The van der Waals surface area contributed by atoms with E-state index in [0.717, 1.165) is 16.8 Å². The van der Waals surface area contributed by atoms with Gasteiger partial charge in [-0.05, 0) is 29.8 Å². The lowest BCUT2D eigenvalue weighted by molar-refractivity contribution is -0.118. The fraction of sp³-hybridized carbons (Fsp3) is 0.235. The lowest BCUT2D eigenvalue weighted by Gasteiger charge is -2.36. The monoisotopic (exact) mass is 348 g/mol. The molecule has 0 radical (unpaired) electrons. The van der Waals surface area contributed by atoms with Crippen molar-refractivity contribution in [2.75, 3.05) is 25.2 Å². The average molecular weight is 349 g/mol. The third-order valence-corrected chi connectivity index (χ3v) is 5.02. The summed E-state index contributed by atoms with van der Waals surface area (Å²) < 4.78 is 5.75. The van der Waals surface area contributed by atoms with Gasteiger partial charge in [0.2, 0.25) is 5.91 Å². The zero-order chi connectivity index (χ0) is 16.0. The standard InChI is InChI=1S/C17H14Cl2N2O2/c18-11-5-6-15-13(7-11)17(12-3-1-2-4-14(12)19)9-23-10-21(17)8-16(22)20-15/h1-7H,8-10H2,(H,20,22). The fourth-order valence-corrected chi connectivity index (χ4v) is 3.92. The number of hydrogen-bond donors (Lipinski definition) is 1. The fourth-order valence-electron chi connectivity index (χ4n) is 3.45. The van der Waals surface area contributed by atoms with Crippen LogP contribution in [0.3, 0.4) is 0 Å². The molecule has 2 aliphatic heterocycles. The van der Waals surface area contributed by atoms with E-state index in [1.165, 1.54) is 0 Å². The van der Waals surface area contributed by atoms with Gasteiger partial charge in [-0.3, -0.25) is 9.69 Å². The number of ether oxygens (including phenoxy) is 1. The van der Waals surface area contributed by atoms with Crippen LogP contribution in [0.25, 0.3) is 0 Å². The van der Waals surface area contributed by atoms with E-state index in [1.807, 2.05) is 41.3 Å². The first-order chi connectivity index (χ1) is 11.1. The van der Waals surface area contributed by atoms with Gasteiger partial charge in [0.25, 0.3) is 0 Å². The number of carbonyl (C=O) groups excluding carboxylic acids is 1. The molecule has 0 aliphatic carbocycles. The van der Waals surface area contributed by atoms with E-state index in [4.69, 9.17) is 27.9 Å². The SMILES string of the molecule is O=C1CN2COCC2(c2ccccc2Cl)c2cc(Cl)ccc2N1. The van der Waals surface area contributed by atoms with Crippen molar-refractivity contribution in [2.24, 2.45) is 0 Å². The molecule has 1 fully saturated rings. The molecule has 1 amide bonds. The molecule has 0 aromatic heterocycles. The molecule has 2 aromatic rings. The number of carbonyl (C=O) groups is 1. The Kier molecular flexibility index (Phi) is 3.58. The number of nitrogens with zero attached hydrogens (tertiary/aromatic N) is 1. The van der Waals surface area contributed by atoms with E-state index in [1.54, 1.807) is 6.07 Å². The molecule has 118 valence electrons. The Morgan fingerprint density at radius 2 is 1.96 bits per heavy atom. The van der Waals surface area contributed by atoms with Gasteiger partial charge in [-0.1, -0.05) is 41.4 Å². The summed E-state index contributed by atoms with van der Waals surface area (Å²) in [7, 11) is 0. The Balaban J connectivity index is 2.04. The molecule has 23 heavy (non-hydrogen) atoms. The number of rotatable bonds is 1. The quantitative estimate of drug-likeness (QED) is 0.857. The second-order valence-electron chi connectivity index (χ2n) is 5.75. The molecule has 4 rings (SSSR count). The molecule has 6 heteroatoms. The maximum Gasteiger partial charge on any atom is 0.238 e. The van der Waals surface area contributed by atoms with Gasteiger partial charge in [-0.15, -0.1) is 0 Å². The van der Waals surface area contributed by atoms with E-state index in [-0.39, 0.29) is 12.5 Å². The maximum atomic E-state index is 12.3. The highest BCUT2D eigenvalue weighted by atomic mass is 35.5. The Hall–Kier alpha value is -1.59. The minimum Gasteiger partial charge on any atom is -0.363 e. The molecule has 1 atom stereocenters. The lowest BCUT2D eigenvalue weighted by atomic mass is 9.82. The predicted molar refractivity (Wildman–Crippen MR) is 89.8 cm³/mol. The van der Waals surface area contributed by atoms with E-state index < -0.39 is 5.54 Å². The minimum absolute atomic E-state index is 0.0759. The first-order valence-corrected chi connectivity index (χ1v) is 8.04. The Bertz CT molecular complexity index is 796. The van der Waals surface area contributed by atoms with Crippen molar-refractivity contribution in [3.8, 4) is 0 Å². The van der Waals surface area contributed by atoms with Crippen molar-refractivity contribution in [2.45, 2.75) is 5.54 Å². The number of hydrogen-bond acceptors (Lipinski definition) is 3. The van der Waals surface area contributed by atoms with Crippen molar-refractivity contribution in [1.82, 2.24) is 4.90 Å². The van der Waals surface area contributed by atoms with Crippen molar-refractivity contribution in [3.05, 3.63) is 63.6 Å². The summed E-state index contributed by atoms with van der Waals surface area (Å²) in [5, 5.41) is 4.21. The molecular formula is C17H14Cl2N2O2. The average Bonchev–Trinajstić information content (AvgIpc) is 2.89. The van der Waals surface area contributed by atoms with Crippen molar-refractivity contribution in [1.29, 1.82) is 0 Å². The van der Waals surface area contributed by atoms with Gasteiger partial charge in [-0.2, -0.15) is 0 Å². The van der Waals surface area contributed by atoms with Crippen LogP contribution in [-0.2, 0) is 15.1 Å². The van der Waals surface area contributed by atoms with E-state index in [2.05, 4.69) is 5.32 Å². The molecule has 1 N–H and O–H groups in total. The molecule has 2 aliphatic rings. The largest absolute Gasteiger partial charge is 0.363 e. The molecule has 1 saturated heterocycles. The highest BCUT2D eigenvalue weighted by Gasteiger charge is 2.49. The van der Waals surface area contributed by atoms with Crippen molar-refractivity contribution >= 4 is 34.8 Å². The van der Waals surface area contributed by atoms with Crippen LogP contribution in [0, 0.1) is 0 Å². The van der Waals surface area contributed by atoms with E-state index >= 15 is 0 Å². The lowest BCUT2D eigenvalue weighted by Crippen LogP contribution is -2.45. The molecule has 1 unspecified atom stereocenters. The Labute approximate surface area is 143 Å². The van der Waals surface area contributed by atoms with Gasteiger partial charge in [-0.25, -0.2) is 0 Å². The normalized spacial score (nSPS) is 23.8. The van der Waals surface area contributed by atoms with Crippen LogP contribution >= 0.6 is 23.2 Å². The smallest absolute Gasteiger partial charge is 0.238 e. The summed E-state index contributed by atoms with van der Waals surface area (Å²) in [6, 6.07) is 13.1. The summed E-state index contributed by atoms with van der Waals surface area (Å²) >= 11 is 12.7. The van der Waals surface area contributed by atoms with Crippen LogP contribution < -0.4 is 5.32 Å². The van der Waals surface area contributed by atoms with Gasteiger partial charge in [0.15, 0.2) is 0 Å². The number of nitrogens with one attached hydrogen (secondary N) is 1. The first kappa shape index (κ1) is 15.0. The Morgan fingerprint density at radius 3 is 2.78 bits per heavy atom. The number of benzene rings is 2. The van der Waals surface area contributed by atoms with Crippen LogP contribution in [0.5, 0.6) is 0 Å². The number of anilines is 1. The third kappa shape index (κ3) is 2.25. The second-order valence-corrected chi connectivity index (χ2v) is 6.60. The zero-order valence-corrected chi connectivity index (χ0v) is 13.7. The van der Waals surface area contributed by atoms with E-state index in [0.29, 0.717) is 23.4 Å². The third-order valence-electron chi connectivity index (χ3n) is 4.45. The summed E-state index contributed by atoms with van der Waals surface area (Å²) in [6.07, 6.45) is 0. The van der Waals surface area contributed by atoms with Gasteiger partial charge in [0.05, 0.1) is 13.2 Å². The predicted octanol–water partition coefficient (Wildman–Crippen LogP) is 3.48. The Morgan fingerprint density at radius 1 is 1.13 bits per heavy atom. The van der Waals surface area contributed by atoms with Gasteiger partial charge < -0.3 is 10.1 Å². The van der Waals surface area contributed by atoms with Crippen LogP contribution in [0.4, 0.5) is 5.69 Å². The number of halogens is 2. The van der Waals surface area contributed by atoms with Crippen LogP contribution in [-0.4, -0.2) is 30.7 Å². The number of amides is 1. The highest BCUT2D eigenvalue weighted by Crippen LogP contribution is 2.47. The molecule has 4 nitrogen and oxygen atoms in total. The number of fused-ring (bicyclic) bond motifs is 3. The molecule has 0 saturated carbocycles.